The molecule has 154 valence electrons. The number of hydrogen-bond donors (Lipinski definition) is 1. The molecule has 0 aromatic heterocycles. The monoisotopic (exact) mass is 489 g/mol. The van der Waals surface area contributed by atoms with E-state index >= 15 is 0 Å². The first-order valence-corrected chi connectivity index (χ1v) is 12.5. The maximum absolute atomic E-state index is 5.88. The van der Waals surface area contributed by atoms with E-state index in [0.29, 0.717) is 11.4 Å². The molecule has 0 bridgehead atoms. The molecule has 29 heavy (non-hydrogen) atoms. The van der Waals surface area contributed by atoms with Gasteiger partial charge in [-0.3, -0.25) is 0 Å². The molecule has 0 amide bonds. The average molecular weight is 491 g/mol. The molecule has 3 unspecified atom stereocenters. The number of halogens is 1. The van der Waals surface area contributed by atoms with Gasteiger partial charge in [-0.25, -0.2) is 0 Å². The maximum atomic E-state index is 5.88. The standard InChI is InChI=1S/C23H28BrN3S2/c1-16-7-6-13-26(17(16)2)14-12-22-27(20-10-3-4-11-21(20)29-22)23(28)25-19-9-5-8-18(24)15-19/h3-5,8-11,15-17,22H,6-7,12-14H2,1-2H3,(H,25,28). The summed E-state index contributed by atoms with van der Waals surface area (Å²) in [6, 6.07) is 17.4. The van der Waals surface area contributed by atoms with E-state index in [1.54, 1.807) is 0 Å². The smallest absolute Gasteiger partial charge is 0.178 e. The molecule has 0 saturated carbocycles. The summed E-state index contributed by atoms with van der Waals surface area (Å²) in [5.74, 6) is 0.785. The van der Waals surface area contributed by atoms with Gasteiger partial charge < -0.3 is 15.1 Å². The third-order valence-electron chi connectivity index (χ3n) is 6.14. The molecular weight excluding hydrogens is 462 g/mol. The van der Waals surface area contributed by atoms with Gasteiger partial charge in [0, 0.05) is 27.6 Å². The number of thiocarbonyl (C=S) groups is 1. The molecule has 1 fully saturated rings. The summed E-state index contributed by atoms with van der Waals surface area (Å²) in [5.41, 5.74) is 2.23. The van der Waals surface area contributed by atoms with Crippen molar-refractivity contribution in [3.63, 3.8) is 0 Å². The van der Waals surface area contributed by atoms with Crippen LogP contribution in [0.15, 0.2) is 57.9 Å². The number of fused-ring (bicyclic) bond motifs is 1. The molecule has 2 aromatic rings. The molecule has 2 aliphatic rings. The lowest BCUT2D eigenvalue weighted by Gasteiger charge is -2.39. The van der Waals surface area contributed by atoms with Gasteiger partial charge in [-0.05, 0) is 81.2 Å². The highest BCUT2D eigenvalue weighted by Crippen LogP contribution is 2.45. The lowest BCUT2D eigenvalue weighted by atomic mass is 9.92. The molecule has 1 saturated heterocycles. The number of piperidine rings is 1. The number of likely N-dealkylation sites (tertiary alicyclic amines) is 1. The van der Waals surface area contributed by atoms with Crippen molar-refractivity contribution in [3.05, 3.63) is 53.0 Å². The highest BCUT2D eigenvalue weighted by molar-refractivity contribution is 9.10. The fraction of sp³-hybridized carbons (Fsp3) is 0.435. The molecule has 2 heterocycles. The van der Waals surface area contributed by atoms with Gasteiger partial charge in [0.2, 0.25) is 0 Å². The molecule has 0 spiro atoms. The predicted octanol–water partition coefficient (Wildman–Crippen LogP) is 6.59. The number of benzene rings is 2. The zero-order valence-electron chi connectivity index (χ0n) is 17.0. The van der Waals surface area contributed by atoms with Gasteiger partial charge in [0.1, 0.15) is 0 Å². The summed E-state index contributed by atoms with van der Waals surface area (Å²) in [7, 11) is 0. The first kappa shape index (κ1) is 21.2. The van der Waals surface area contributed by atoms with E-state index in [2.05, 4.69) is 81.3 Å². The second-order valence-corrected chi connectivity index (χ2v) is 10.6. The van der Waals surface area contributed by atoms with E-state index in [0.717, 1.165) is 34.2 Å². The number of nitrogens with one attached hydrogen (secondary N) is 1. The summed E-state index contributed by atoms with van der Waals surface area (Å²) in [6.07, 6.45) is 3.76. The van der Waals surface area contributed by atoms with Crippen molar-refractivity contribution in [2.75, 3.05) is 23.3 Å². The molecule has 2 aliphatic heterocycles. The minimum absolute atomic E-state index is 0.323. The van der Waals surface area contributed by atoms with Crippen molar-refractivity contribution in [3.8, 4) is 0 Å². The van der Waals surface area contributed by atoms with Crippen LogP contribution in [0, 0.1) is 5.92 Å². The average Bonchev–Trinajstić information content (AvgIpc) is 3.07. The van der Waals surface area contributed by atoms with E-state index in [-0.39, 0.29) is 0 Å². The Bertz CT molecular complexity index is 875. The summed E-state index contributed by atoms with van der Waals surface area (Å²) in [6.45, 7) is 7.11. The number of hydrogen-bond acceptors (Lipinski definition) is 3. The number of para-hydroxylation sites is 1. The van der Waals surface area contributed by atoms with Crippen LogP contribution in [0.3, 0.4) is 0 Å². The fourth-order valence-electron chi connectivity index (χ4n) is 4.30. The van der Waals surface area contributed by atoms with Gasteiger partial charge in [-0.1, -0.05) is 52.8 Å². The van der Waals surface area contributed by atoms with Crippen LogP contribution in [-0.4, -0.2) is 34.5 Å². The van der Waals surface area contributed by atoms with Crippen molar-refractivity contribution < 1.29 is 0 Å². The Morgan fingerprint density at radius 3 is 2.86 bits per heavy atom. The van der Waals surface area contributed by atoms with Crippen molar-refractivity contribution in [2.45, 2.75) is 49.4 Å². The van der Waals surface area contributed by atoms with Gasteiger partial charge >= 0.3 is 0 Å². The summed E-state index contributed by atoms with van der Waals surface area (Å²) >= 11 is 11.4. The van der Waals surface area contributed by atoms with Crippen LogP contribution < -0.4 is 10.2 Å². The fourth-order valence-corrected chi connectivity index (χ4v) is 6.40. The third kappa shape index (κ3) is 4.82. The molecule has 0 aliphatic carbocycles. The van der Waals surface area contributed by atoms with Gasteiger partial charge in [0.15, 0.2) is 5.11 Å². The van der Waals surface area contributed by atoms with Gasteiger partial charge in [-0.15, -0.1) is 0 Å². The van der Waals surface area contributed by atoms with Gasteiger partial charge in [0.05, 0.1) is 11.1 Å². The first-order chi connectivity index (χ1) is 14.0. The van der Waals surface area contributed by atoms with Crippen LogP contribution in [0.1, 0.15) is 33.1 Å². The van der Waals surface area contributed by atoms with Crippen LogP contribution in [-0.2, 0) is 0 Å². The van der Waals surface area contributed by atoms with Gasteiger partial charge in [0.25, 0.3) is 0 Å². The Kier molecular flexibility index (Phi) is 6.84. The molecule has 3 nitrogen and oxygen atoms in total. The molecule has 6 heteroatoms. The lowest BCUT2D eigenvalue weighted by Crippen LogP contribution is -2.45. The minimum Gasteiger partial charge on any atom is -0.332 e. The van der Waals surface area contributed by atoms with Crippen LogP contribution in [0.25, 0.3) is 0 Å². The number of nitrogens with zero attached hydrogens (tertiary/aromatic N) is 2. The Labute approximate surface area is 192 Å². The summed E-state index contributed by atoms with van der Waals surface area (Å²) in [5, 5.41) is 4.54. The van der Waals surface area contributed by atoms with Crippen LogP contribution in [0.5, 0.6) is 0 Å². The molecule has 1 N–H and O–H groups in total. The molecular formula is C23H28BrN3S2. The minimum atomic E-state index is 0.323. The second-order valence-electron chi connectivity index (χ2n) is 8.04. The SMILES string of the molecule is CC1CCCN(CCC2Sc3ccccc3N2C(=S)Nc2cccc(Br)c2)C1C. The van der Waals surface area contributed by atoms with Gasteiger partial charge in [-0.2, -0.15) is 0 Å². The van der Waals surface area contributed by atoms with Crippen molar-refractivity contribution in [1.29, 1.82) is 0 Å². The predicted molar refractivity (Wildman–Crippen MR) is 133 cm³/mol. The van der Waals surface area contributed by atoms with Crippen molar-refractivity contribution in [2.24, 2.45) is 5.92 Å². The van der Waals surface area contributed by atoms with Crippen molar-refractivity contribution >= 4 is 56.4 Å². The van der Waals surface area contributed by atoms with Crippen LogP contribution in [0.4, 0.5) is 11.4 Å². The second kappa shape index (κ2) is 9.38. The van der Waals surface area contributed by atoms with Crippen LogP contribution >= 0.6 is 39.9 Å². The van der Waals surface area contributed by atoms with E-state index in [9.17, 15) is 0 Å². The number of anilines is 2. The molecule has 3 atom stereocenters. The molecule has 4 rings (SSSR count). The first-order valence-electron chi connectivity index (χ1n) is 10.4. The number of thioether (sulfide) groups is 1. The highest BCUT2D eigenvalue weighted by Gasteiger charge is 2.34. The normalized spacial score (nSPS) is 24.4. The zero-order valence-corrected chi connectivity index (χ0v) is 20.2. The van der Waals surface area contributed by atoms with E-state index < -0.39 is 0 Å². The Morgan fingerprint density at radius 1 is 1.21 bits per heavy atom. The topological polar surface area (TPSA) is 18.5 Å². The van der Waals surface area contributed by atoms with E-state index in [4.69, 9.17) is 12.2 Å². The van der Waals surface area contributed by atoms with E-state index in [1.807, 2.05) is 23.9 Å². The summed E-state index contributed by atoms with van der Waals surface area (Å²) in [4.78, 5) is 6.30. The quantitative estimate of drug-likeness (QED) is 0.486. The van der Waals surface area contributed by atoms with Crippen molar-refractivity contribution in [1.82, 2.24) is 4.90 Å². The van der Waals surface area contributed by atoms with E-state index in [1.165, 1.54) is 30.0 Å². The molecule has 0 radical (unpaired) electrons. The van der Waals surface area contributed by atoms with Crippen LogP contribution in [0.2, 0.25) is 0 Å². The highest BCUT2D eigenvalue weighted by atomic mass is 79.9. The maximum Gasteiger partial charge on any atom is 0.178 e. The summed E-state index contributed by atoms with van der Waals surface area (Å²) < 4.78 is 1.05. The molecule has 2 aromatic carbocycles. The third-order valence-corrected chi connectivity index (χ3v) is 8.25. The zero-order chi connectivity index (χ0) is 20.4. The Morgan fingerprint density at radius 2 is 2.03 bits per heavy atom. The largest absolute Gasteiger partial charge is 0.332 e. The number of rotatable bonds is 4. The Hall–Kier alpha value is -1.08. The lowest BCUT2D eigenvalue weighted by molar-refractivity contribution is 0.113. The Balaban J connectivity index is 1.49.